The van der Waals surface area contributed by atoms with Crippen molar-refractivity contribution in [3.05, 3.63) is 0 Å². The van der Waals surface area contributed by atoms with Gasteiger partial charge in [0.25, 0.3) is 0 Å². The Morgan fingerprint density at radius 2 is 2.19 bits per heavy atom. The summed E-state index contributed by atoms with van der Waals surface area (Å²) in [4.78, 5) is 2.66. The van der Waals surface area contributed by atoms with E-state index < -0.39 is 0 Å². The Hall–Kier alpha value is -0.120. The van der Waals surface area contributed by atoms with Crippen molar-refractivity contribution in [2.45, 2.75) is 39.2 Å². The van der Waals surface area contributed by atoms with Crippen molar-refractivity contribution in [1.82, 2.24) is 10.2 Å². The second-order valence-electron chi connectivity index (χ2n) is 5.38. The molecule has 94 valence electrons. The van der Waals surface area contributed by atoms with E-state index in [4.69, 9.17) is 4.74 Å². The molecule has 16 heavy (non-hydrogen) atoms. The molecule has 2 aliphatic rings. The van der Waals surface area contributed by atoms with E-state index in [2.05, 4.69) is 24.1 Å². The maximum atomic E-state index is 5.64. The van der Waals surface area contributed by atoms with Crippen LogP contribution in [0.4, 0.5) is 0 Å². The van der Waals surface area contributed by atoms with E-state index in [0.29, 0.717) is 5.41 Å². The number of hydrogen-bond donors (Lipinski definition) is 1. The van der Waals surface area contributed by atoms with Crippen LogP contribution in [-0.4, -0.2) is 50.3 Å². The first-order valence-electron chi connectivity index (χ1n) is 6.82. The van der Waals surface area contributed by atoms with Gasteiger partial charge in [0.2, 0.25) is 0 Å². The third kappa shape index (κ3) is 2.96. The van der Waals surface area contributed by atoms with Crippen molar-refractivity contribution in [2.75, 3.05) is 39.4 Å². The number of rotatable bonds is 7. The minimum Gasteiger partial charge on any atom is -0.381 e. The molecule has 0 aromatic heterocycles. The van der Waals surface area contributed by atoms with Gasteiger partial charge in [0.1, 0.15) is 0 Å². The molecule has 1 atom stereocenters. The summed E-state index contributed by atoms with van der Waals surface area (Å²) in [6.07, 6.45) is 4.04. The van der Waals surface area contributed by atoms with Gasteiger partial charge in [-0.05, 0) is 32.4 Å². The van der Waals surface area contributed by atoms with E-state index in [-0.39, 0.29) is 0 Å². The van der Waals surface area contributed by atoms with Gasteiger partial charge < -0.3 is 10.1 Å². The minimum absolute atomic E-state index is 0.384. The molecule has 0 radical (unpaired) electrons. The van der Waals surface area contributed by atoms with Crippen molar-refractivity contribution in [2.24, 2.45) is 5.41 Å². The summed E-state index contributed by atoms with van der Waals surface area (Å²) in [6.45, 7) is 11.0. The van der Waals surface area contributed by atoms with Gasteiger partial charge in [-0.2, -0.15) is 0 Å². The molecule has 3 heteroatoms. The zero-order valence-corrected chi connectivity index (χ0v) is 10.8. The summed E-state index contributed by atoms with van der Waals surface area (Å²) in [7, 11) is 0. The molecule has 1 unspecified atom stereocenters. The van der Waals surface area contributed by atoms with E-state index in [9.17, 15) is 0 Å². The van der Waals surface area contributed by atoms with Crippen LogP contribution in [0.2, 0.25) is 0 Å². The average Bonchev–Trinajstić information content (AvgIpc) is 3.05. The summed E-state index contributed by atoms with van der Waals surface area (Å²) < 4.78 is 5.64. The van der Waals surface area contributed by atoms with Gasteiger partial charge in [0, 0.05) is 31.2 Å². The maximum absolute atomic E-state index is 5.64. The highest BCUT2D eigenvalue weighted by atomic mass is 16.5. The van der Waals surface area contributed by atoms with E-state index >= 15 is 0 Å². The standard InChI is InChI=1S/C13H26N2O/c1-3-14-9-13(7-8-16-11-13)10-15(4-2)12-5-6-12/h12,14H,3-11H2,1-2H3. The normalized spacial score (nSPS) is 30.2. The highest BCUT2D eigenvalue weighted by Crippen LogP contribution is 2.34. The number of ether oxygens (including phenoxy) is 1. The predicted octanol–water partition coefficient (Wildman–Crippen LogP) is 1.49. The molecule has 1 heterocycles. The third-order valence-electron chi connectivity index (χ3n) is 3.94. The molecule has 1 saturated carbocycles. The SMILES string of the molecule is CCNCC1(CN(CC)C2CC2)CCOC1. The zero-order chi connectivity index (χ0) is 11.4. The maximum Gasteiger partial charge on any atom is 0.0547 e. The fraction of sp³-hybridized carbons (Fsp3) is 1.00. The van der Waals surface area contributed by atoms with E-state index in [1.165, 1.54) is 32.4 Å². The van der Waals surface area contributed by atoms with Gasteiger partial charge in [-0.3, -0.25) is 4.90 Å². The van der Waals surface area contributed by atoms with Crippen LogP contribution >= 0.6 is 0 Å². The van der Waals surface area contributed by atoms with Gasteiger partial charge in [-0.15, -0.1) is 0 Å². The second kappa shape index (κ2) is 5.48. The van der Waals surface area contributed by atoms with Crippen molar-refractivity contribution in [1.29, 1.82) is 0 Å². The van der Waals surface area contributed by atoms with E-state index in [1.54, 1.807) is 0 Å². The lowest BCUT2D eigenvalue weighted by Gasteiger charge is -2.34. The van der Waals surface area contributed by atoms with Gasteiger partial charge in [-0.25, -0.2) is 0 Å². The number of hydrogen-bond acceptors (Lipinski definition) is 3. The molecule has 1 aliphatic carbocycles. The Bertz CT molecular complexity index is 210. The van der Waals surface area contributed by atoms with Gasteiger partial charge >= 0.3 is 0 Å². The highest BCUT2D eigenvalue weighted by Gasteiger charge is 2.39. The number of nitrogens with zero attached hydrogens (tertiary/aromatic N) is 1. The molecular weight excluding hydrogens is 200 g/mol. The molecule has 0 aromatic rings. The molecule has 2 fully saturated rings. The van der Waals surface area contributed by atoms with Crippen LogP contribution < -0.4 is 5.32 Å². The van der Waals surface area contributed by atoms with Crippen LogP contribution in [0.1, 0.15) is 33.1 Å². The van der Waals surface area contributed by atoms with Crippen LogP contribution in [0.25, 0.3) is 0 Å². The molecule has 0 aromatic carbocycles. The first-order chi connectivity index (χ1) is 7.79. The average molecular weight is 226 g/mol. The van der Waals surface area contributed by atoms with Crippen LogP contribution in [0.5, 0.6) is 0 Å². The van der Waals surface area contributed by atoms with Crippen LogP contribution in [-0.2, 0) is 4.74 Å². The Balaban J connectivity index is 1.89. The smallest absolute Gasteiger partial charge is 0.0547 e. The third-order valence-corrected chi connectivity index (χ3v) is 3.94. The van der Waals surface area contributed by atoms with E-state index in [0.717, 1.165) is 32.3 Å². The van der Waals surface area contributed by atoms with Crippen molar-refractivity contribution >= 4 is 0 Å². The summed E-state index contributed by atoms with van der Waals surface area (Å²) in [6, 6.07) is 0.879. The predicted molar refractivity (Wildman–Crippen MR) is 66.7 cm³/mol. The van der Waals surface area contributed by atoms with Crippen molar-refractivity contribution in [3.8, 4) is 0 Å². The van der Waals surface area contributed by atoms with Crippen molar-refractivity contribution in [3.63, 3.8) is 0 Å². The molecule has 0 bridgehead atoms. The van der Waals surface area contributed by atoms with Crippen LogP contribution in [0.15, 0.2) is 0 Å². The second-order valence-corrected chi connectivity index (χ2v) is 5.38. The first-order valence-corrected chi connectivity index (χ1v) is 6.82. The van der Waals surface area contributed by atoms with Gasteiger partial charge in [0.15, 0.2) is 0 Å². The first kappa shape index (κ1) is 12.3. The van der Waals surface area contributed by atoms with Gasteiger partial charge in [-0.1, -0.05) is 13.8 Å². The molecular formula is C13H26N2O. The summed E-state index contributed by atoms with van der Waals surface area (Å²) in [5, 5.41) is 3.51. The summed E-state index contributed by atoms with van der Waals surface area (Å²) in [5.41, 5.74) is 0.384. The Labute approximate surface area is 99.5 Å². The molecule has 1 N–H and O–H groups in total. The van der Waals surface area contributed by atoms with Crippen LogP contribution in [0.3, 0.4) is 0 Å². The largest absolute Gasteiger partial charge is 0.381 e. The van der Waals surface area contributed by atoms with E-state index in [1.807, 2.05) is 0 Å². The Morgan fingerprint density at radius 3 is 2.69 bits per heavy atom. The molecule has 0 amide bonds. The topological polar surface area (TPSA) is 24.5 Å². The fourth-order valence-corrected chi connectivity index (χ4v) is 2.73. The fourth-order valence-electron chi connectivity index (χ4n) is 2.73. The molecule has 0 spiro atoms. The summed E-state index contributed by atoms with van der Waals surface area (Å²) in [5.74, 6) is 0. The molecule has 3 nitrogen and oxygen atoms in total. The quantitative estimate of drug-likeness (QED) is 0.712. The minimum atomic E-state index is 0.384. The molecule has 2 rings (SSSR count). The monoisotopic (exact) mass is 226 g/mol. The lowest BCUT2D eigenvalue weighted by Crippen LogP contribution is -2.45. The van der Waals surface area contributed by atoms with Gasteiger partial charge in [0.05, 0.1) is 6.61 Å². The highest BCUT2D eigenvalue weighted by molar-refractivity contribution is 4.93. The lowest BCUT2D eigenvalue weighted by molar-refractivity contribution is 0.107. The zero-order valence-electron chi connectivity index (χ0n) is 10.8. The Morgan fingerprint density at radius 1 is 1.38 bits per heavy atom. The number of nitrogens with one attached hydrogen (secondary N) is 1. The lowest BCUT2D eigenvalue weighted by atomic mass is 9.86. The van der Waals surface area contributed by atoms with Crippen LogP contribution in [0, 0.1) is 5.41 Å². The molecule has 1 aliphatic heterocycles. The van der Waals surface area contributed by atoms with Crippen molar-refractivity contribution < 1.29 is 4.74 Å². The summed E-state index contributed by atoms with van der Waals surface area (Å²) >= 11 is 0. The molecule has 1 saturated heterocycles. The Kier molecular flexibility index (Phi) is 4.22.